The van der Waals surface area contributed by atoms with E-state index in [1.165, 1.54) is 0 Å². The van der Waals surface area contributed by atoms with E-state index >= 15 is 0 Å². The summed E-state index contributed by atoms with van der Waals surface area (Å²) in [5, 5.41) is 3.43. The van der Waals surface area contributed by atoms with Gasteiger partial charge >= 0.3 is 0 Å². The molecular weight excluding hydrogens is 300 g/mol. The average Bonchev–Trinajstić information content (AvgIpc) is 2.83. The number of carbonyl (C=O) groups is 2. The van der Waals surface area contributed by atoms with Crippen LogP contribution in [0.2, 0.25) is 5.02 Å². The Labute approximate surface area is 136 Å². The summed E-state index contributed by atoms with van der Waals surface area (Å²) in [7, 11) is 0. The summed E-state index contributed by atoms with van der Waals surface area (Å²) in [4.78, 5) is 26.3. The highest BCUT2D eigenvalue weighted by atomic mass is 35.5. The number of benzene rings is 1. The second-order valence-electron chi connectivity index (χ2n) is 6.13. The molecule has 1 aromatic rings. The van der Waals surface area contributed by atoms with Gasteiger partial charge in [0, 0.05) is 19.0 Å². The topological polar surface area (TPSA) is 49.4 Å². The normalized spacial score (nSPS) is 19.4. The van der Waals surface area contributed by atoms with Crippen molar-refractivity contribution in [2.75, 3.05) is 11.9 Å². The zero-order chi connectivity index (χ0) is 16.4. The van der Waals surface area contributed by atoms with Gasteiger partial charge < -0.3 is 10.2 Å². The van der Waals surface area contributed by atoms with Crippen molar-refractivity contribution in [2.24, 2.45) is 5.92 Å². The third-order valence-electron chi connectivity index (χ3n) is 4.33. The van der Waals surface area contributed by atoms with Crippen LogP contribution in [-0.2, 0) is 9.59 Å². The van der Waals surface area contributed by atoms with Crippen molar-refractivity contribution in [3.63, 3.8) is 0 Å². The number of rotatable bonds is 4. The maximum absolute atomic E-state index is 12.5. The van der Waals surface area contributed by atoms with Crippen molar-refractivity contribution in [1.29, 1.82) is 0 Å². The van der Waals surface area contributed by atoms with Crippen LogP contribution in [0.5, 0.6) is 0 Å². The van der Waals surface area contributed by atoms with Crippen LogP contribution in [0.25, 0.3) is 0 Å². The predicted octanol–water partition coefficient (Wildman–Crippen LogP) is 3.54. The van der Waals surface area contributed by atoms with Gasteiger partial charge in [-0.05, 0) is 44.4 Å². The van der Waals surface area contributed by atoms with Gasteiger partial charge in [0.1, 0.15) is 0 Å². The van der Waals surface area contributed by atoms with Gasteiger partial charge in [0.2, 0.25) is 11.8 Å². The SMILES string of the molecule is CCC(C)N1CC(C(=O)Nc2c(C)cc(C)cc2Cl)CC1=O. The first-order valence-corrected chi connectivity index (χ1v) is 8.08. The Morgan fingerprint density at radius 1 is 1.45 bits per heavy atom. The van der Waals surface area contributed by atoms with Crippen LogP contribution in [0.3, 0.4) is 0 Å². The van der Waals surface area contributed by atoms with E-state index in [2.05, 4.69) is 5.32 Å². The maximum Gasteiger partial charge on any atom is 0.229 e. The number of halogens is 1. The van der Waals surface area contributed by atoms with E-state index in [-0.39, 0.29) is 30.2 Å². The van der Waals surface area contributed by atoms with Gasteiger partial charge in [-0.1, -0.05) is 24.6 Å². The number of nitrogens with one attached hydrogen (secondary N) is 1. The van der Waals surface area contributed by atoms with Crippen LogP contribution in [0.4, 0.5) is 5.69 Å². The van der Waals surface area contributed by atoms with Gasteiger partial charge in [0.05, 0.1) is 16.6 Å². The number of hydrogen-bond acceptors (Lipinski definition) is 2. The molecule has 0 radical (unpaired) electrons. The molecule has 1 aliphatic rings. The third kappa shape index (κ3) is 3.43. The number of hydrogen-bond donors (Lipinski definition) is 1. The summed E-state index contributed by atoms with van der Waals surface area (Å²) in [6, 6.07) is 3.98. The van der Waals surface area contributed by atoms with Crippen LogP contribution in [0.15, 0.2) is 12.1 Å². The molecule has 0 aromatic heterocycles. The van der Waals surface area contributed by atoms with Crippen molar-refractivity contribution in [3.05, 3.63) is 28.3 Å². The molecule has 5 heteroatoms. The quantitative estimate of drug-likeness (QED) is 0.921. The average molecular weight is 323 g/mol. The van der Waals surface area contributed by atoms with Gasteiger partial charge in [-0.25, -0.2) is 0 Å². The number of likely N-dealkylation sites (tertiary alicyclic amines) is 1. The Morgan fingerprint density at radius 2 is 2.14 bits per heavy atom. The van der Waals surface area contributed by atoms with Crippen molar-refractivity contribution in [1.82, 2.24) is 4.90 Å². The minimum Gasteiger partial charge on any atom is -0.339 e. The Kier molecular flexibility index (Phi) is 5.12. The molecule has 1 N–H and O–H groups in total. The molecule has 2 atom stereocenters. The first-order chi connectivity index (χ1) is 10.3. The minimum atomic E-state index is -0.307. The number of anilines is 1. The highest BCUT2D eigenvalue weighted by Crippen LogP contribution is 2.29. The van der Waals surface area contributed by atoms with Crippen LogP contribution < -0.4 is 5.32 Å². The molecule has 0 aliphatic carbocycles. The number of carbonyl (C=O) groups excluding carboxylic acids is 2. The fraction of sp³-hybridized carbons (Fsp3) is 0.529. The first kappa shape index (κ1) is 16.8. The molecule has 1 aromatic carbocycles. The van der Waals surface area contributed by atoms with Gasteiger partial charge in [-0.15, -0.1) is 0 Å². The summed E-state index contributed by atoms with van der Waals surface area (Å²) < 4.78 is 0. The first-order valence-electron chi connectivity index (χ1n) is 7.70. The zero-order valence-electron chi connectivity index (χ0n) is 13.6. The lowest BCUT2D eigenvalue weighted by molar-refractivity contribution is -0.129. The summed E-state index contributed by atoms with van der Waals surface area (Å²) in [5.41, 5.74) is 2.63. The fourth-order valence-corrected chi connectivity index (χ4v) is 3.22. The molecule has 0 spiro atoms. The molecule has 4 nitrogen and oxygen atoms in total. The molecule has 1 saturated heterocycles. The summed E-state index contributed by atoms with van der Waals surface area (Å²) in [6.07, 6.45) is 1.17. The highest BCUT2D eigenvalue weighted by Gasteiger charge is 2.36. The molecular formula is C17H23ClN2O2. The molecule has 1 heterocycles. The number of aryl methyl sites for hydroxylation is 2. The van der Waals surface area contributed by atoms with Crippen LogP contribution in [-0.4, -0.2) is 29.3 Å². The summed E-state index contributed by atoms with van der Waals surface area (Å²) in [5.74, 6) is -0.382. The van der Waals surface area contributed by atoms with E-state index in [0.29, 0.717) is 17.3 Å². The molecule has 2 amide bonds. The molecule has 2 rings (SSSR count). The van der Waals surface area contributed by atoms with E-state index in [1.54, 1.807) is 4.90 Å². The van der Waals surface area contributed by atoms with Crippen molar-refractivity contribution < 1.29 is 9.59 Å². The second kappa shape index (κ2) is 6.69. The maximum atomic E-state index is 12.5. The van der Waals surface area contributed by atoms with Gasteiger partial charge in [0.15, 0.2) is 0 Å². The van der Waals surface area contributed by atoms with Gasteiger partial charge in [0.25, 0.3) is 0 Å². The van der Waals surface area contributed by atoms with Crippen LogP contribution in [0, 0.1) is 19.8 Å². The van der Waals surface area contributed by atoms with Crippen molar-refractivity contribution in [2.45, 2.75) is 46.6 Å². The lowest BCUT2D eigenvalue weighted by atomic mass is 10.1. The van der Waals surface area contributed by atoms with Gasteiger partial charge in [-0.3, -0.25) is 9.59 Å². The van der Waals surface area contributed by atoms with E-state index in [4.69, 9.17) is 11.6 Å². The van der Waals surface area contributed by atoms with E-state index in [9.17, 15) is 9.59 Å². The standard InChI is InChI=1S/C17H23ClN2O2/c1-5-12(4)20-9-13(8-15(20)21)17(22)19-16-11(3)6-10(2)7-14(16)18/h6-7,12-13H,5,8-9H2,1-4H3,(H,19,22). The van der Waals surface area contributed by atoms with E-state index < -0.39 is 0 Å². The van der Waals surface area contributed by atoms with E-state index in [0.717, 1.165) is 17.5 Å². The van der Waals surface area contributed by atoms with E-state index in [1.807, 2.05) is 39.8 Å². The Balaban J connectivity index is 2.10. The number of amides is 2. The molecule has 0 saturated carbocycles. The lowest BCUT2D eigenvalue weighted by Gasteiger charge is -2.23. The third-order valence-corrected chi connectivity index (χ3v) is 4.63. The molecule has 1 fully saturated rings. The molecule has 1 aliphatic heterocycles. The smallest absolute Gasteiger partial charge is 0.229 e. The minimum absolute atomic E-state index is 0.0567. The monoisotopic (exact) mass is 322 g/mol. The second-order valence-corrected chi connectivity index (χ2v) is 6.54. The van der Waals surface area contributed by atoms with Crippen LogP contribution in [0.1, 0.15) is 37.8 Å². The largest absolute Gasteiger partial charge is 0.339 e. The molecule has 2 unspecified atom stereocenters. The summed E-state index contributed by atoms with van der Waals surface area (Å²) >= 11 is 6.22. The van der Waals surface area contributed by atoms with Crippen LogP contribution >= 0.6 is 11.6 Å². The Morgan fingerprint density at radius 3 is 2.73 bits per heavy atom. The Hall–Kier alpha value is -1.55. The molecule has 0 bridgehead atoms. The lowest BCUT2D eigenvalue weighted by Crippen LogP contribution is -2.35. The van der Waals surface area contributed by atoms with Gasteiger partial charge in [-0.2, -0.15) is 0 Å². The van der Waals surface area contributed by atoms with Crippen molar-refractivity contribution in [3.8, 4) is 0 Å². The molecule has 120 valence electrons. The fourth-order valence-electron chi connectivity index (χ4n) is 2.85. The molecule has 22 heavy (non-hydrogen) atoms. The highest BCUT2D eigenvalue weighted by molar-refractivity contribution is 6.34. The zero-order valence-corrected chi connectivity index (χ0v) is 14.3. The predicted molar refractivity (Wildman–Crippen MR) is 89.1 cm³/mol. The summed E-state index contributed by atoms with van der Waals surface area (Å²) in [6.45, 7) is 8.42. The number of nitrogens with zero attached hydrogens (tertiary/aromatic N) is 1. The van der Waals surface area contributed by atoms with Crippen molar-refractivity contribution >= 4 is 29.1 Å². The Bertz CT molecular complexity index is 577.